The van der Waals surface area contributed by atoms with Gasteiger partial charge < -0.3 is 4.74 Å². The molecular weight excluding hydrogens is 283 g/mol. The summed E-state index contributed by atoms with van der Waals surface area (Å²) in [6.45, 7) is 6.92. The van der Waals surface area contributed by atoms with Crippen molar-refractivity contribution in [2.75, 3.05) is 13.2 Å². The van der Waals surface area contributed by atoms with Crippen molar-refractivity contribution in [2.45, 2.75) is 51.1 Å². The van der Waals surface area contributed by atoms with Crippen LogP contribution in [0.25, 0.3) is 0 Å². The van der Waals surface area contributed by atoms with Crippen LogP contribution in [0.1, 0.15) is 40.5 Å². The lowest BCUT2D eigenvalue weighted by molar-refractivity contribution is 0.0320. The van der Waals surface area contributed by atoms with Gasteiger partial charge in [-0.05, 0) is 34.1 Å². The van der Waals surface area contributed by atoms with Crippen LogP contribution >= 0.6 is 11.6 Å². The van der Waals surface area contributed by atoms with Crippen molar-refractivity contribution in [3.63, 3.8) is 0 Å². The van der Waals surface area contributed by atoms with Gasteiger partial charge in [-0.1, -0.05) is 17.7 Å². The molecule has 0 radical (unpaired) electrons. The maximum absolute atomic E-state index is 12.4. The van der Waals surface area contributed by atoms with Gasteiger partial charge in [-0.15, -0.1) is 0 Å². The number of allylic oxidation sites excluding steroid dienone is 1. The lowest BCUT2D eigenvalue weighted by atomic mass is 10.1. The Labute approximate surface area is 124 Å². The average Bonchev–Trinajstić information content (AvgIpc) is 2.29. The highest BCUT2D eigenvalue weighted by Gasteiger charge is 2.27. The van der Waals surface area contributed by atoms with Gasteiger partial charge in [0.05, 0.1) is 12.4 Å². The number of rotatable bonds is 4. The number of ether oxygens (including phenoxy) is 1. The average molecular weight is 305 g/mol. The molecule has 1 heterocycles. The number of hydrogen-bond donors (Lipinski definition) is 0. The number of halogens is 2. The van der Waals surface area contributed by atoms with Crippen LogP contribution in [0.4, 0.5) is 9.18 Å². The molecule has 0 aromatic carbocycles. The summed E-state index contributed by atoms with van der Waals surface area (Å²) in [6, 6.07) is 0. The first-order chi connectivity index (χ1) is 9.14. The maximum Gasteiger partial charge on any atom is 0.414 e. The number of carbonyl (C=O) groups is 1. The Kier molecular flexibility index (Phi) is 5.57. The first-order valence-corrected chi connectivity index (χ1v) is 7.03. The SMILES string of the molecule is CC1(Cl)CC=C(N(CCCF)C(=O)OC(C)(C)C)C=N1. The van der Waals surface area contributed by atoms with E-state index in [0.29, 0.717) is 12.1 Å². The standard InChI is InChI=1S/C14H22ClFN2O2/c1-13(2,3)20-12(19)18(9-5-8-16)11-6-7-14(4,15)17-10-11/h6,10H,5,7-9H2,1-4H3. The number of aliphatic imine (C=N–C) groups is 1. The normalized spacial score (nSPS) is 22.4. The highest BCUT2D eigenvalue weighted by atomic mass is 35.5. The highest BCUT2D eigenvalue weighted by molar-refractivity contribution is 6.24. The number of hydrogen-bond acceptors (Lipinski definition) is 3. The molecule has 0 saturated carbocycles. The van der Waals surface area contributed by atoms with Crippen molar-refractivity contribution in [2.24, 2.45) is 4.99 Å². The molecule has 1 amide bonds. The largest absolute Gasteiger partial charge is 0.443 e. The van der Waals surface area contributed by atoms with Gasteiger partial charge in [0.15, 0.2) is 0 Å². The second kappa shape index (κ2) is 6.57. The molecule has 114 valence electrons. The van der Waals surface area contributed by atoms with E-state index >= 15 is 0 Å². The summed E-state index contributed by atoms with van der Waals surface area (Å²) >= 11 is 6.10. The molecule has 0 aliphatic carbocycles. The predicted octanol–water partition coefficient (Wildman–Crippen LogP) is 3.90. The van der Waals surface area contributed by atoms with Crippen LogP contribution in [-0.4, -0.2) is 41.0 Å². The molecule has 0 N–H and O–H groups in total. The molecule has 0 aromatic heterocycles. The van der Waals surface area contributed by atoms with E-state index in [1.807, 2.05) is 6.08 Å². The molecule has 1 atom stereocenters. The van der Waals surface area contributed by atoms with Crippen molar-refractivity contribution >= 4 is 23.9 Å². The van der Waals surface area contributed by atoms with E-state index in [1.54, 1.807) is 33.9 Å². The van der Waals surface area contributed by atoms with E-state index in [0.717, 1.165) is 0 Å². The van der Waals surface area contributed by atoms with Crippen molar-refractivity contribution in [3.05, 3.63) is 11.8 Å². The zero-order valence-electron chi connectivity index (χ0n) is 12.4. The van der Waals surface area contributed by atoms with Crippen LogP contribution in [0.5, 0.6) is 0 Å². The highest BCUT2D eigenvalue weighted by Crippen LogP contribution is 2.26. The van der Waals surface area contributed by atoms with E-state index in [9.17, 15) is 9.18 Å². The topological polar surface area (TPSA) is 41.9 Å². The van der Waals surface area contributed by atoms with Gasteiger partial charge in [0.2, 0.25) is 0 Å². The van der Waals surface area contributed by atoms with Crippen LogP contribution < -0.4 is 0 Å². The Hall–Kier alpha value is -1.10. The van der Waals surface area contributed by atoms with E-state index in [-0.39, 0.29) is 13.0 Å². The Balaban J connectivity index is 2.83. The van der Waals surface area contributed by atoms with Crippen molar-refractivity contribution in [1.82, 2.24) is 4.90 Å². The number of amides is 1. The molecule has 1 unspecified atom stereocenters. The fraction of sp³-hybridized carbons (Fsp3) is 0.714. The van der Waals surface area contributed by atoms with Gasteiger partial charge in [0.1, 0.15) is 10.6 Å². The summed E-state index contributed by atoms with van der Waals surface area (Å²) in [6.07, 6.45) is 3.63. The van der Waals surface area contributed by atoms with Gasteiger partial charge in [0.25, 0.3) is 0 Å². The van der Waals surface area contributed by atoms with Gasteiger partial charge in [-0.3, -0.25) is 14.3 Å². The molecule has 0 spiro atoms. The fourth-order valence-corrected chi connectivity index (χ4v) is 1.76. The minimum absolute atomic E-state index is 0.252. The maximum atomic E-state index is 12.4. The van der Waals surface area contributed by atoms with Crippen molar-refractivity contribution in [1.29, 1.82) is 0 Å². The second-order valence-corrected chi connectivity index (χ2v) is 6.72. The predicted molar refractivity (Wildman–Crippen MR) is 79.0 cm³/mol. The van der Waals surface area contributed by atoms with Crippen molar-refractivity contribution < 1.29 is 13.9 Å². The lowest BCUT2D eigenvalue weighted by Gasteiger charge is -2.30. The summed E-state index contributed by atoms with van der Waals surface area (Å²) in [5.74, 6) is 0. The first-order valence-electron chi connectivity index (χ1n) is 6.65. The zero-order valence-corrected chi connectivity index (χ0v) is 13.2. The van der Waals surface area contributed by atoms with Gasteiger partial charge in [0, 0.05) is 19.2 Å². The second-order valence-electron chi connectivity index (χ2n) is 5.91. The molecule has 1 aliphatic rings. The van der Waals surface area contributed by atoms with Crippen LogP contribution in [0, 0.1) is 0 Å². The third-order valence-corrected chi connectivity index (χ3v) is 2.84. The molecule has 0 bridgehead atoms. The third kappa shape index (κ3) is 5.49. The molecule has 1 aliphatic heterocycles. The Bertz CT molecular complexity index is 414. The number of dihydropyridines is 1. The summed E-state index contributed by atoms with van der Waals surface area (Å²) < 4.78 is 17.7. The van der Waals surface area contributed by atoms with Crippen LogP contribution in [0.15, 0.2) is 16.8 Å². The molecule has 6 heteroatoms. The third-order valence-electron chi connectivity index (χ3n) is 2.59. The van der Waals surface area contributed by atoms with E-state index in [4.69, 9.17) is 16.3 Å². The fourth-order valence-electron chi connectivity index (χ4n) is 1.64. The molecule has 1 rings (SSSR count). The number of alkyl halides is 2. The quantitative estimate of drug-likeness (QED) is 0.584. The molecule has 0 fully saturated rings. The van der Waals surface area contributed by atoms with E-state index < -0.39 is 23.4 Å². The monoisotopic (exact) mass is 304 g/mol. The summed E-state index contributed by atoms with van der Waals surface area (Å²) in [4.78, 5) is 17.1. The number of carbonyl (C=O) groups excluding carboxylic acids is 1. The summed E-state index contributed by atoms with van der Waals surface area (Å²) in [7, 11) is 0. The van der Waals surface area contributed by atoms with E-state index in [2.05, 4.69) is 4.99 Å². The smallest absolute Gasteiger partial charge is 0.414 e. The molecule has 20 heavy (non-hydrogen) atoms. The Morgan fingerprint density at radius 1 is 1.60 bits per heavy atom. The molecule has 0 aromatic rings. The number of nitrogens with zero attached hydrogens (tertiary/aromatic N) is 2. The van der Waals surface area contributed by atoms with E-state index in [1.165, 1.54) is 4.90 Å². The zero-order chi connectivity index (χ0) is 15.4. The molecule has 4 nitrogen and oxygen atoms in total. The van der Waals surface area contributed by atoms with Crippen LogP contribution in [0.2, 0.25) is 0 Å². The molecular formula is C14H22ClFN2O2. The first kappa shape index (κ1) is 17.0. The Morgan fingerprint density at radius 2 is 2.25 bits per heavy atom. The lowest BCUT2D eigenvalue weighted by Crippen LogP contribution is -2.38. The summed E-state index contributed by atoms with van der Waals surface area (Å²) in [5, 5.41) is 0. The van der Waals surface area contributed by atoms with Crippen molar-refractivity contribution in [3.8, 4) is 0 Å². The minimum Gasteiger partial charge on any atom is -0.443 e. The van der Waals surface area contributed by atoms with Gasteiger partial charge >= 0.3 is 6.09 Å². The summed E-state index contributed by atoms with van der Waals surface area (Å²) in [5.41, 5.74) is 0.00382. The van der Waals surface area contributed by atoms with Crippen LogP contribution in [0.3, 0.4) is 0 Å². The molecule has 0 saturated heterocycles. The van der Waals surface area contributed by atoms with Gasteiger partial charge in [-0.25, -0.2) is 4.79 Å². The van der Waals surface area contributed by atoms with Crippen LogP contribution in [-0.2, 0) is 4.74 Å². The Morgan fingerprint density at radius 3 is 2.70 bits per heavy atom. The minimum atomic E-state index is -0.677. The van der Waals surface area contributed by atoms with Gasteiger partial charge in [-0.2, -0.15) is 0 Å².